The van der Waals surface area contributed by atoms with Crippen LogP contribution in [0.25, 0.3) is 5.70 Å². The summed E-state index contributed by atoms with van der Waals surface area (Å²) in [7, 11) is 0. The molecule has 1 unspecified atom stereocenters. The van der Waals surface area contributed by atoms with Gasteiger partial charge in [-0.3, -0.25) is 19.5 Å². The summed E-state index contributed by atoms with van der Waals surface area (Å²) >= 11 is 0. The third kappa shape index (κ3) is 2.85. The highest BCUT2D eigenvalue weighted by molar-refractivity contribution is 6.10. The predicted molar refractivity (Wildman–Crippen MR) is 87.3 cm³/mol. The molecule has 3 rings (SSSR count). The Labute approximate surface area is 134 Å². The van der Waals surface area contributed by atoms with Gasteiger partial charge >= 0.3 is 0 Å². The molecule has 0 fully saturated rings. The van der Waals surface area contributed by atoms with Crippen molar-refractivity contribution < 1.29 is 9.59 Å². The summed E-state index contributed by atoms with van der Waals surface area (Å²) in [5.74, 6) is -0.434. The van der Waals surface area contributed by atoms with E-state index in [9.17, 15) is 9.59 Å². The third-order valence-electron chi connectivity index (χ3n) is 3.85. The lowest BCUT2D eigenvalue weighted by atomic mass is 10.1. The van der Waals surface area contributed by atoms with Crippen LogP contribution in [-0.4, -0.2) is 28.2 Å². The molecule has 5 heteroatoms. The second kappa shape index (κ2) is 6.04. The fourth-order valence-electron chi connectivity index (χ4n) is 2.64. The number of fused-ring (bicyclic) bond motifs is 1. The average molecular weight is 307 g/mol. The molecule has 0 bridgehead atoms. The maximum absolute atomic E-state index is 12.4. The summed E-state index contributed by atoms with van der Waals surface area (Å²) in [5, 5.41) is 2.85. The van der Waals surface area contributed by atoms with Gasteiger partial charge in [0.2, 0.25) is 5.91 Å². The smallest absolute Gasteiger partial charge is 0.259 e. The van der Waals surface area contributed by atoms with E-state index >= 15 is 0 Å². The van der Waals surface area contributed by atoms with E-state index in [-0.39, 0.29) is 24.4 Å². The lowest BCUT2D eigenvalue weighted by Gasteiger charge is -2.19. The highest BCUT2D eigenvalue weighted by Gasteiger charge is 2.32. The van der Waals surface area contributed by atoms with Gasteiger partial charge in [0.1, 0.15) is 6.54 Å². The molecule has 2 heterocycles. The van der Waals surface area contributed by atoms with Crippen molar-refractivity contribution in [2.75, 3.05) is 6.54 Å². The minimum Gasteiger partial charge on any atom is -0.346 e. The zero-order valence-electron chi connectivity index (χ0n) is 12.8. The molecule has 1 N–H and O–H groups in total. The van der Waals surface area contributed by atoms with Crippen LogP contribution in [0.4, 0.5) is 0 Å². The summed E-state index contributed by atoms with van der Waals surface area (Å²) in [5.41, 5.74) is 2.70. The summed E-state index contributed by atoms with van der Waals surface area (Å²) in [6.07, 6.45) is 1.68. The van der Waals surface area contributed by atoms with Crippen LogP contribution in [-0.2, 0) is 4.79 Å². The Balaban J connectivity index is 1.68. The third-order valence-corrected chi connectivity index (χ3v) is 3.85. The van der Waals surface area contributed by atoms with Crippen LogP contribution < -0.4 is 5.32 Å². The van der Waals surface area contributed by atoms with Crippen LogP contribution in [0, 0.1) is 0 Å². The standard InChI is InChI=1S/C18H17N3O2/c1-12(16-9-5-6-10-19-16)20-17(22)11-21-13(2)14-7-3-4-8-15(14)18(21)23/h3-10,12H,2,11H2,1H3,(H,20,22). The van der Waals surface area contributed by atoms with Crippen LogP contribution in [0.5, 0.6) is 0 Å². The molecule has 1 aliphatic rings. The Morgan fingerprint density at radius 3 is 2.57 bits per heavy atom. The van der Waals surface area contributed by atoms with Crippen molar-refractivity contribution in [1.82, 2.24) is 15.2 Å². The summed E-state index contributed by atoms with van der Waals surface area (Å²) < 4.78 is 0. The molecule has 1 atom stereocenters. The number of pyridine rings is 1. The number of rotatable bonds is 4. The highest BCUT2D eigenvalue weighted by atomic mass is 16.2. The van der Waals surface area contributed by atoms with Gasteiger partial charge in [0.25, 0.3) is 5.91 Å². The Morgan fingerprint density at radius 1 is 1.22 bits per heavy atom. The molecule has 0 radical (unpaired) electrons. The zero-order chi connectivity index (χ0) is 16.4. The Kier molecular flexibility index (Phi) is 3.93. The maximum atomic E-state index is 12.4. The first kappa shape index (κ1) is 15.0. The predicted octanol–water partition coefficient (Wildman–Crippen LogP) is 2.39. The Morgan fingerprint density at radius 2 is 1.91 bits per heavy atom. The van der Waals surface area contributed by atoms with E-state index in [4.69, 9.17) is 0 Å². The van der Waals surface area contributed by atoms with Gasteiger partial charge in [0.15, 0.2) is 0 Å². The number of nitrogens with one attached hydrogen (secondary N) is 1. The number of aromatic nitrogens is 1. The lowest BCUT2D eigenvalue weighted by Crippen LogP contribution is -2.38. The molecule has 0 spiro atoms. The maximum Gasteiger partial charge on any atom is 0.259 e. The minimum atomic E-state index is -0.245. The monoisotopic (exact) mass is 307 g/mol. The van der Waals surface area contributed by atoms with Crippen molar-refractivity contribution in [1.29, 1.82) is 0 Å². The summed E-state index contributed by atoms with van der Waals surface area (Å²) in [6.45, 7) is 5.74. The number of carbonyl (C=O) groups is 2. The molecule has 0 saturated carbocycles. The van der Waals surface area contributed by atoms with Gasteiger partial charge in [0, 0.05) is 23.0 Å². The van der Waals surface area contributed by atoms with Crippen molar-refractivity contribution >= 4 is 17.5 Å². The minimum absolute atomic E-state index is 0.0521. The molecule has 0 aliphatic carbocycles. The van der Waals surface area contributed by atoms with Crippen molar-refractivity contribution in [3.8, 4) is 0 Å². The summed E-state index contributed by atoms with van der Waals surface area (Å²) in [4.78, 5) is 30.2. The molecule has 23 heavy (non-hydrogen) atoms. The molecule has 1 aromatic heterocycles. The van der Waals surface area contributed by atoms with Gasteiger partial charge in [-0.05, 0) is 25.1 Å². The SMILES string of the molecule is C=C1c2ccccc2C(=O)N1CC(=O)NC(C)c1ccccn1. The van der Waals surface area contributed by atoms with Crippen LogP contribution in [0.1, 0.15) is 34.6 Å². The number of carbonyl (C=O) groups excluding carboxylic acids is 2. The molecule has 2 amide bonds. The summed E-state index contributed by atoms with van der Waals surface area (Å²) in [6, 6.07) is 12.6. The van der Waals surface area contributed by atoms with Crippen LogP contribution in [0.15, 0.2) is 55.2 Å². The van der Waals surface area contributed by atoms with Gasteiger partial charge < -0.3 is 5.32 Å². The number of nitrogens with zero attached hydrogens (tertiary/aromatic N) is 2. The van der Waals surface area contributed by atoms with Gasteiger partial charge in [0.05, 0.1) is 11.7 Å². The molecule has 5 nitrogen and oxygen atoms in total. The molecule has 2 aromatic rings. The van der Waals surface area contributed by atoms with E-state index in [0.717, 1.165) is 11.3 Å². The van der Waals surface area contributed by atoms with Crippen LogP contribution >= 0.6 is 0 Å². The molecule has 1 aromatic carbocycles. The van der Waals surface area contributed by atoms with Crippen molar-refractivity contribution in [3.63, 3.8) is 0 Å². The van der Waals surface area contributed by atoms with Crippen molar-refractivity contribution in [2.24, 2.45) is 0 Å². The number of amides is 2. The lowest BCUT2D eigenvalue weighted by molar-refractivity contribution is -0.121. The van der Waals surface area contributed by atoms with Gasteiger partial charge in [-0.25, -0.2) is 0 Å². The molecule has 0 saturated heterocycles. The van der Waals surface area contributed by atoms with E-state index in [1.54, 1.807) is 18.3 Å². The molecular formula is C18H17N3O2. The quantitative estimate of drug-likeness (QED) is 0.943. The van der Waals surface area contributed by atoms with Crippen LogP contribution in [0.2, 0.25) is 0 Å². The first-order chi connectivity index (χ1) is 11.1. The Bertz CT molecular complexity index is 736. The fourth-order valence-corrected chi connectivity index (χ4v) is 2.64. The topological polar surface area (TPSA) is 62.3 Å². The first-order valence-electron chi connectivity index (χ1n) is 7.38. The van der Waals surface area contributed by atoms with Crippen molar-refractivity contribution in [3.05, 3.63) is 72.1 Å². The molecule has 116 valence electrons. The van der Waals surface area contributed by atoms with E-state index in [2.05, 4.69) is 16.9 Å². The second-order valence-electron chi connectivity index (χ2n) is 5.43. The van der Waals surface area contributed by atoms with E-state index < -0.39 is 0 Å². The normalized spacial score (nSPS) is 14.6. The van der Waals surface area contributed by atoms with Crippen LogP contribution in [0.3, 0.4) is 0 Å². The molecular weight excluding hydrogens is 290 g/mol. The van der Waals surface area contributed by atoms with E-state index in [0.29, 0.717) is 11.3 Å². The second-order valence-corrected chi connectivity index (χ2v) is 5.43. The Hall–Kier alpha value is -2.95. The number of hydrogen-bond acceptors (Lipinski definition) is 3. The van der Waals surface area contributed by atoms with E-state index in [1.807, 2.05) is 37.3 Å². The average Bonchev–Trinajstić information content (AvgIpc) is 2.81. The molecule has 1 aliphatic heterocycles. The van der Waals surface area contributed by atoms with Gasteiger partial charge in [-0.15, -0.1) is 0 Å². The van der Waals surface area contributed by atoms with Gasteiger partial charge in [-0.2, -0.15) is 0 Å². The largest absolute Gasteiger partial charge is 0.346 e. The van der Waals surface area contributed by atoms with E-state index in [1.165, 1.54) is 4.90 Å². The zero-order valence-corrected chi connectivity index (χ0v) is 12.8. The first-order valence-corrected chi connectivity index (χ1v) is 7.38. The number of hydrogen-bond donors (Lipinski definition) is 1. The number of benzene rings is 1. The van der Waals surface area contributed by atoms with Gasteiger partial charge in [-0.1, -0.05) is 30.8 Å². The fraction of sp³-hybridized carbons (Fsp3) is 0.167. The highest BCUT2D eigenvalue weighted by Crippen LogP contribution is 2.30. The van der Waals surface area contributed by atoms with Crippen molar-refractivity contribution in [2.45, 2.75) is 13.0 Å².